The van der Waals surface area contributed by atoms with Crippen molar-refractivity contribution >= 4 is 17.7 Å². The van der Waals surface area contributed by atoms with E-state index in [2.05, 4.69) is 34.4 Å². The number of hydrogen-bond acceptors (Lipinski definition) is 6. The van der Waals surface area contributed by atoms with Gasteiger partial charge in [-0.3, -0.25) is 4.79 Å². The zero-order valence-electron chi connectivity index (χ0n) is 14.4. The van der Waals surface area contributed by atoms with Gasteiger partial charge < -0.3 is 21.5 Å². The highest BCUT2D eigenvalue weighted by molar-refractivity contribution is 5.97. The van der Waals surface area contributed by atoms with Gasteiger partial charge in [0, 0.05) is 17.8 Å². The van der Waals surface area contributed by atoms with Gasteiger partial charge in [-0.15, -0.1) is 0 Å². The standard InChI is InChI=1S/C17H27N5O2/c1-17(2,10-6-7-10)22-15-13(14(18)24)9-19-16(21-15)20-11-4-3-5-12(23)8-11/h9-12,23H,3-8H2,1-2H3,(H2,18,24)(H2,19,20,21,22)/t11-,12+/m1/s1. The summed E-state index contributed by atoms with van der Waals surface area (Å²) < 4.78 is 0. The van der Waals surface area contributed by atoms with Gasteiger partial charge in [0.05, 0.1) is 11.7 Å². The van der Waals surface area contributed by atoms with Crippen molar-refractivity contribution in [1.29, 1.82) is 0 Å². The Morgan fingerprint density at radius 1 is 1.33 bits per heavy atom. The van der Waals surface area contributed by atoms with E-state index >= 15 is 0 Å². The number of aromatic nitrogens is 2. The highest BCUT2D eigenvalue weighted by atomic mass is 16.3. The fourth-order valence-electron chi connectivity index (χ4n) is 3.42. The molecule has 0 radical (unpaired) electrons. The van der Waals surface area contributed by atoms with Crippen molar-refractivity contribution < 1.29 is 9.90 Å². The Labute approximate surface area is 142 Å². The number of amides is 1. The molecule has 2 aliphatic rings. The number of aliphatic hydroxyl groups is 1. The highest BCUT2D eigenvalue weighted by Crippen LogP contribution is 2.41. The number of rotatable bonds is 6. The maximum absolute atomic E-state index is 11.7. The largest absolute Gasteiger partial charge is 0.393 e. The van der Waals surface area contributed by atoms with E-state index < -0.39 is 5.91 Å². The van der Waals surface area contributed by atoms with Crippen LogP contribution in [0.2, 0.25) is 0 Å². The number of nitrogens with one attached hydrogen (secondary N) is 2. The number of carbonyl (C=O) groups is 1. The molecule has 0 aliphatic heterocycles. The molecule has 0 unspecified atom stereocenters. The van der Waals surface area contributed by atoms with Crippen LogP contribution in [0.3, 0.4) is 0 Å². The predicted octanol–water partition coefficient (Wildman–Crippen LogP) is 1.89. The van der Waals surface area contributed by atoms with Gasteiger partial charge in [0.1, 0.15) is 5.82 Å². The molecule has 2 fully saturated rings. The summed E-state index contributed by atoms with van der Waals surface area (Å²) in [5.74, 6) is 0.989. The third-order valence-corrected chi connectivity index (χ3v) is 5.07. The van der Waals surface area contributed by atoms with Crippen molar-refractivity contribution in [2.24, 2.45) is 11.7 Å². The molecule has 7 heteroatoms. The van der Waals surface area contributed by atoms with Crippen LogP contribution < -0.4 is 16.4 Å². The van der Waals surface area contributed by atoms with Crippen LogP contribution in [0.4, 0.5) is 11.8 Å². The second-order valence-electron chi connectivity index (χ2n) is 7.60. The number of hydrogen-bond donors (Lipinski definition) is 4. The molecule has 1 aromatic rings. The summed E-state index contributed by atoms with van der Waals surface area (Å²) in [7, 11) is 0. The molecule has 0 spiro atoms. The Hall–Kier alpha value is -1.89. The molecule has 3 rings (SSSR count). The first-order chi connectivity index (χ1) is 11.3. The van der Waals surface area contributed by atoms with Crippen LogP contribution in [0.15, 0.2) is 6.20 Å². The van der Waals surface area contributed by atoms with Crippen molar-refractivity contribution in [2.75, 3.05) is 10.6 Å². The minimum Gasteiger partial charge on any atom is -0.393 e. The van der Waals surface area contributed by atoms with Crippen molar-refractivity contribution in [3.05, 3.63) is 11.8 Å². The summed E-state index contributed by atoms with van der Waals surface area (Å²) in [5, 5.41) is 16.4. The lowest BCUT2D eigenvalue weighted by molar-refractivity contribution is 0.100. The summed E-state index contributed by atoms with van der Waals surface area (Å²) in [6.07, 6.45) is 7.07. The lowest BCUT2D eigenvalue weighted by Gasteiger charge is -2.29. The third-order valence-electron chi connectivity index (χ3n) is 5.07. The molecule has 1 heterocycles. The number of carbonyl (C=O) groups excluding carboxylic acids is 1. The monoisotopic (exact) mass is 333 g/mol. The van der Waals surface area contributed by atoms with Gasteiger partial charge in [0.15, 0.2) is 0 Å². The van der Waals surface area contributed by atoms with Crippen LogP contribution in [0.1, 0.15) is 62.7 Å². The average molecular weight is 333 g/mol. The number of nitrogens with zero attached hydrogens (tertiary/aromatic N) is 2. The molecule has 24 heavy (non-hydrogen) atoms. The van der Waals surface area contributed by atoms with Crippen LogP contribution in [0, 0.1) is 5.92 Å². The predicted molar refractivity (Wildman–Crippen MR) is 92.9 cm³/mol. The third kappa shape index (κ3) is 3.95. The second-order valence-corrected chi connectivity index (χ2v) is 7.60. The first kappa shape index (κ1) is 17.0. The Bertz CT molecular complexity index is 615. The Morgan fingerprint density at radius 3 is 2.71 bits per heavy atom. The normalized spacial score (nSPS) is 24.5. The second kappa shape index (κ2) is 6.55. The van der Waals surface area contributed by atoms with Crippen LogP contribution >= 0.6 is 0 Å². The van der Waals surface area contributed by atoms with E-state index in [-0.39, 0.29) is 17.7 Å². The quantitative estimate of drug-likeness (QED) is 0.632. The first-order valence-electron chi connectivity index (χ1n) is 8.75. The Morgan fingerprint density at radius 2 is 2.08 bits per heavy atom. The first-order valence-corrected chi connectivity index (χ1v) is 8.75. The summed E-state index contributed by atoms with van der Waals surface area (Å²) in [6.45, 7) is 4.23. The number of nitrogens with two attached hydrogens (primary N) is 1. The maximum Gasteiger partial charge on any atom is 0.254 e. The van der Waals surface area contributed by atoms with E-state index in [4.69, 9.17) is 5.73 Å². The van der Waals surface area contributed by atoms with E-state index in [9.17, 15) is 9.90 Å². The van der Waals surface area contributed by atoms with E-state index in [0.29, 0.717) is 29.7 Å². The minimum absolute atomic E-state index is 0.142. The molecular weight excluding hydrogens is 306 g/mol. The lowest BCUT2D eigenvalue weighted by atomic mass is 9.93. The van der Waals surface area contributed by atoms with Gasteiger partial charge in [-0.1, -0.05) is 0 Å². The topological polar surface area (TPSA) is 113 Å². The van der Waals surface area contributed by atoms with Crippen LogP contribution in [0.25, 0.3) is 0 Å². The van der Waals surface area contributed by atoms with Crippen LogP contribution in [-0.4, -0.2) is 38.7 Å². The molecule has 5 N–H and O–H groups in total. The molecule has 0 bridgehead atoms. The zero-order valence-corrected chi connectivity index (χ0v) is 14.4. The Balaban J connectivity index is 1.78. The van der Waals surface area contributed by atoms with Crippen molar-refractivity contribution in [2.45, 2.75) is 70.1 Å². The fourth-order valence-corrected chi connectivity index (χ4v) is 3.42. The molecule has 0 saturated heterocycles. The summed E-state index contributed by atoms with van der Waals surface area (Å²) >= 11 is 0. The van der Waals surface area contributed by atoms with E-state index in [0.717, 1.165) is 19.3 Å². The minimum atomic E-state index is -0.538. The highest BCUT2D eigenvalue weighted by Gasteiger charge is 2.38. The number of anilines is 2. The molecular formula is C17H27N5O2. The van der Waals surface area contributed by atoms with E-state index in [1.165, 1.54) is 19.0 Å². The molecule has 132 valence electrons. The summed E-state index contributed by atoms with van der Waals surface area (Å²) in [6, 6.07) is 0.150. The molecule has 0 aromatic carbocycles. The van der Waals surface area contributed by atoms with Crippen LogP contribution in [0.5, 0.6) is 0 Å². The van der Waals surface area contributed by atoms with E-state index in [1.807, 2.05) is 0 Å². The summed E-state index contributed by atoms with van der Waals surface area (Å²) in [5.41, 5.74) is 5.63. The smallest absolute Gasteiger partial charge is 0.254 e. The number of primary amides is 1. The molecule has 2 aliphatic carbocycles. The lowest BCUT2D eigenvalue weighted by Crippen LogP contribution is -2.35. The van der Waals surface area contributed by atoms with Gasteiger partial charge in [0.2, 0.25) is 5.95 Å². The zero-order chi connectivity index (χ0) is 17.3. The van der Waals surface area contributed by atoms with Gasteiger partial charge in [0.25, 0.3) is 5.91 Å². The Kier molecular flexibility index (Phi) is 4.62. The average Bonchev–Trinajstić information content (AvgIpc) is 3.31. The maximum atomic E-state index is 11.7. The molecule has 7 nitrogen and oxygen atoms in total. The molecule has 1 aromatic heterocycles. The van der Waals surface area contributed by atoms with Crippen molar-refractivity contribution in [3.63, 3.8) is 0 Å². The van der Waals surface area contributed by atoms with Gasteiger partial charge in [-0.25, -0.2) is 4.98 Å². The van der Waals surface area contributed by atoms with Gasteiger partial charge >= 0.3 is 0 Å². The summed E-state index contributed by atoms with van der Waals surface area (Å²) in [4.78, 5) is 20.4. The van der Waals surface area contributed by atoms with Crippen molar-refractivity contribution in [1.82, 2.24) is 9.97 Å². The molecule has 2 atom stereocenters. The number of aliphatic hydroxyl groups excluding tert-OH is 1. The molecule has 1 amide bonds. The van der Waals surface area contributed by atoms with Gasteiger partial charge in [-0.2, -0.15) is 4.98 Å². The van der Waals surface area contributed by atoms with E-state index in [1.54, 1.807) is 0 Å². The van der Waals surface area contributed by atoms with Gasteiger partial charge in [-0.05, 0) is 58.3 Å². The van der Waals surface area contributed by atoms with Crippen LogP contribution in [-0.2, 0) is 0 Å². The SMILES string of the molecule is CC(C)(Nc1nc(N[C@@H]2CCC[C@H](O)C2)ncc1C(N)=O)C1CC1. The fraction of sp³-hybridized carbons (Fsp3) is 0.706. The van der Waals surface area contributed by atoms with Crippen molar-refractivity contribution in [3.8, 4) is 0 Å². The molecule has 2 saturated carbocycles.